The number of ether oxygens (including phenoxy) is 1. The van der Waals surface area contributed by atoms with Gasteiger partial charge in [0.1, 0.15) is 11.5 Å². The molecule has 1 N–H and O–H groups in total. The predicted octanol–water partition coefficient (Wildman–Crippen LogP) is 4.71. The molecule has 0 aliphatic heterocycles. The highest BCUT2D eigenvalue weighted by molar-refractivity contribution is 6.35. The molecule has 5 nitrogen and oxygen atoms in total. The molecule has 0 bridgehead atoms. The van der Waals surface area contributed by atoms with Crippen LogP contribution in [0.5, 0.6) is 17.2 Å². The molecule has 0 aliphatic rings. The third-order valence-electron chi connectivity index (χ3n) is 2.56. The van der Waals surface area contributed by atoms with E-state index in [1.54, 1.807) is 13.0 Å². The third-order valence-corrected chi connectivity index (χ3v) is 3.06. The molecule has 0 fully saturated rings. The lowest BCUT2D eigenvalue weighted by Crippen LogP contribution is -1.92. The summed E-state index contributed by atoms with van der Waals surface area (Å²) in [5, 5.41) is 20.9. The van der Waals surface area contributed by atoms with Crippen LogP contribution in [0.1, 0.15) is 5.56 Å². The number of phenolic OH excluding ortho intramolecular Hbond substituents is 1. The Labute approximate surface area is 124 Å². The maximum atomic E-state index is 10.6. The standard InChI is InChI=1S/C13H9Cl2NO4/c1-7-4-8(14)5-10(15)13(7)20-9-2-3-11(16(18)19)12(17)6-9/h2-6,17H,1H3. The molecule has 2 rings (SSSR count). The molecule has 0 heterocycles. The predicted molar refractivity (Wildman–Crippen MR) is 76.0 cm³/mol. The largest absolute Gasteiger partial charge is 0.502 e. The van der Waals surface area contributed by atoms with Crippen LogP contribution < -0.4 is 4.74 Å². The average Bonchev–Trinajstić information content (AvgIpc) is 2.33. The Balaban J connectivity index is 2.36. The summed E-state index contributed by atoms with van der Waals surface area (Å²) in [6.45, 7) is 1.76. The second kappa shape index (κ2) is 5.56. The quantitative estimate of drug-likeness (QED) is 0.658. The summed E-state index contributed by atoms with van der Waals surface area (Å²) in [5.41, 5.74) is 0.316. The van der Waals surface area contributed by atoms with Gasteiger partial charge in [0.25, 0.3) is 0 Å². The van der Waals surface area contributed by atoms with Crippen LogP contribution in [0, 0.1) is 17.0 Å². The molecule has 0 amide bonds. The zero-order valence-corrected chi connectivity index (χ0v) is 11.8. The van der Waals surface area contributed by atoms with Crippen LogP contribution in [-0.2, 0) is 0 Å². The number of nitro benzene ring substituents is 1. The van der Waals surface area contributed by atoms with E-state index in [0.717, 1.165) is 12.1 Å². The Hall–Kier alpha value is -1.98. The van der Waals surface area contributed by atoms with E-state index < -0.39 is 16.4 Å². The molecule has 0 saturated carbocycles. The number of benzene rings is 2. The van der Waals surface area contributed by atoms with Crippen molar-refractivity contribution in [2.75, 3.05) is 0 Å². The lowest BCUT2D eigenvalue weighted by Gasteiger charge is -2.11. The van der Waals surface area contributed by atoms with Crippen LogP contribution in [0.3, 0.4) is 0 Å². The molecule has 0 atom stereocenters. The Morgan fingerprint density at radius 2 is 1.95 bits per heavy atom. The van der Waals surface area contributed by atoms with E-state index in [-0.39, 0.29) is 5.75 Å². The Morgan fingerprint density at radius 1 is 1.25 bits per heavy atom. The number of hydrogen-bond acceptors (Lipinski definition) is 4. The van der Waals surface area contributed by atoms with E-state index in [1.165, 1.54) is 12.1 Å². The van der Waals surface area contributed by atoms with Gasteiger partial charge in [-0.2, -0.15) is 0 Å². The lowest BCUT2D eigenvalue weighted by atomic mass is 10.2. The highest BCUT2D eigenvalue weighted by atomic mass is 35.5. The third kappa shape index (κ3) is 2.95. The Morgan fingerprint density at radius 3 is 2.50 bits per heavy atom. The van der Waals surface area contributed by atoms with Gasteiger partial charge in [0.05, 0.1) is 9.95 Å². The molecular formula is C13H9Cl2NO4. The van der Waals surface area contributed by atoms with Gasteiger partial charge in [0, 0.05) is 17.2 Å². The first-order chi connectivity index (χ1) is 9.38. The minimum Gasteiger partial charge on any atom is -0.502 e. The highest BCUT2D eigenvalue weighted by Crippen LogP contribution is 2.37. The van der Waals surface area contributed by atoms with Gasteiger partial charge in [-0.1, -0.05) is 23.2 Å². The first kappa shape index (κ1) is 14.4. The topological polar surface area (TPSA) is 72.6 Å². The zero-order valence-electron chi connectivity index (χ0n) is 10.3. The van der Waals surface area contributed by atoms with Gasteiger partial charge in [-0.05, 0) is 30.7 Å². The first-order valence-corrected chi connectivity index (χ1v) is 6.25. The summed E-state index contributed by atoms with van der Waals surface area (Å²) in [6.07, 6.45) is 0. The van der Waals surface area contributed by atoms with Gasteiger partial charge in [-0.15, -0.1) is 0 Å². The van der Waals surface area contributed by atoms with Gasteiger partial charge < -0.3 is 9.84 Å². The van der Waals surface area contributed by atoms with Crippen molar-refractivity contribution in [3.63, 3.8) is 0 Å². The van der Waals surface area contributed by atoms with E-state index in [9.17, 15) is 15.2 Å². The Kier molecular flexibility index (Phi) is 4.01. The number of aryl methyl sites for hydroxylation is 1. The van der Waals surface area contributed by atoms with Crippen molar-refractivity contribution in [1.29, 1.82) is 0 Å². The molecular weight excluding hydrogens is 305 g/mol. The molecule has 0 saturated heterocycles. The SMILES string of the molecule is Cc1cc(Cl)cc(Cl)c1Oc1ccc([N+](=O)[O-])c(O)c1. The second-order valence-corrected chi connectivity index (χ2v) is 4.89. The lowest BCUT2D eigenvalue weighted by molar-refractivity contribution is -0.385. The molecule has 7 heteroatoms. The van der Waals surface area contributed by atoms with Crippen molar-refractivity contribution in [2.24, 2.45) is 0 Å². The Bertz CT molecular complexity index is 665. The van der Waals surface area contributed by atoms with E-state index in [4.69, 9.17) is 27.9 Å². The van der Waals surface area contributed by atoms with Crippen molar-refractivity contribution in [3.05, 3.63) is 56.1 Å². The first-order valence-electron chi connectivity index (χ1n) is 5.49. The van der Waals surface area contributed by atoms with Crippen LogP contribution in [0.25, 0.3) is 0 Å². The molecule has 104 valence electrons. The number of phenols is 1. The maximum Gasteiger partial charge on any atom is 0.310 e. The fourth-order valence-corrected chi connectivity index (χ4v) is 2.29. The minimum atomic E-state index is -0.681. The van der Waals surface area contributed by atoms with Crippen molar-refractivity contribution >= 4 is 28.9 Å². The van der Waals surface area contributed by atoms with Crippen LogP contribution in [0.15, 0.2) is 30.3 Å². The highest BCUT2D eigenvalue weighted by Gasteiger charge is 2.15. The molecule has 0 unspecified atom stereocenters. The van der Waals surface area contributed by atoms with Crippen LogP contribution in [-0.4, -0.2) is 10.0 Å². The summed E-state index contributed by atoms with van der Waals surface area (Å²) in [4.78, 5) is 9.93. The number of rotatable bonds is 3. The van der Waals surface area contributed by atoms with Gasteiger partial charge in [0.15, 0.2) is 5.75 Å². The monoisotopic (exact) mass is 313 g/mol. The normalized spacial score (nSPS) is 10.3. The average molecular weight is 314 g/mol. The summed E-state index contributed by atoms with van der Waals surface area (Å²) >= 11 is 11.9. The number of hydrogen-bond donors (Lipinski definition) is 1. The molecule has 0 radical (unpaired) electrons. The summed E-state index contributed by atoms with van der Waals surface area (Å²) in [7, 11) is 0. The van der Waals surface area contributed by atoms with Crippen LogP contribution in [0.4, 0.5) is 5.69 Å². The molecule has 2 aromatic carbocycles. The smallest absolute Gasteiger partial charge is 0.310 e. The number of aromatic hydroxyl groups is 1. The molecule has 20 heavy (non-hydrogen) atoms. The minimum absolute atomic E-state index is 0.237. The van der Waals surface area contributed by atoms with Gasteiger partial charge in [0.2, 0.25) is 0 Å². The fraction of sp³-hybridized carbons (Fsp3) is 0.0769. The number of nitrogens with zero attached hydrogens (tertiary/aromatic N) is 1. The summed E-state index contributed by atoms with van der Waals surface area (Å²) in [6, 6.07) is 6.89. The maximum absolute atomic E-state index is 10.6. The van der Waals surface area contributed by atoms with Crippen molar-refractivity contribution in [1.82, 2.24) is 0 Å². The fourth-order valence-electron chi connectivity index (χ4n) is 1.66. The molecule has 0 spiro atoms. The zero-order chi connectivity index (χ0) is 14.9. The summed E-state index contributed by atoms with van der Waals surface area (Å²) < 4.78 is 5.54. The van der Waals surface area contributed by atoms with Gasteiger partial charge in [-0.25, -0.2) is 0 Å². The van der Waals surface area contributed by atoms with E-state index in [2.05, 4.69) is 0 Å². The van der Waals surface area contributed by atoms with E-state index in [0.29, 0.717) is 21.4 Å². The van der Waals surface area contributed by atoms with Crippen LogP contribution >= 0.6 is 23.2 Å². The number of nitro groups is 1. The molecule has 2 aromatic rings. The van der Waals surface area contributed by atoms with Crippen molar-refractivity contribution in [3.8, 4) is 17.2 Å². The molecule has 0 aromatic heterocycles. The van der Waals surface area contributed by atoms with Gasteiger partial charge >= 0.3 is 5.69 Å². The van der Waals surface area contributed by atoms with E-state index in [1.807, 2.05) is 0 Å². The van der Waals surface area contributed by atoms with Crippen LogP contribution in [0.2, 0.25) is 10.0 Å². The van der Waals surface area contributed by atoms with E-state index >= 15 is 0 Å². The number of halogens is 2. The summed E-state index contributed by atoms with van der Waals surface area (Å²) in [5.74, 6) is 0.139. The van der Waals surface area contributed by atoms with Crippen molar-refractivity contribution < 1.29 is 14.8 Å². The van der Waals surface area contributed by atoms with Crippen molar-refractivity contribution in [2.45, 2.75) is 6.92 Å². The molecule has 0 aliphatic carbocycles. The second-order valence-electron chi connectivity index (χ2n) is 4.04. The van der Waals surface area contributed by atoms with Gasteiger partial charge in [-0.3, -0.25) is 10.1 Å².